The third kappa shape index (κ3) is 3.35. The molecule has 4 nitrogen and oxygen atoms in total. The molecule has 3 heterocycles. The quantitative estimate of drug-likeness (QED) is 0.471. The molecule has 140 valence electrons. The molecule has 3 aromatic rings. The highest BCUT2D eigenvalue weighted by molar-refractivity contribution is 7.98. The Morgan fingerprint density at radius 2 is 2.11 bits per heavy atom. The first-order chi connectivity index (χ1) is 13.3. The molecule has 0 spiro atoms. The van der Waals surface area contributed by atoms with Gasteiger partial charge in [-0.25, -0.2) is 4.98 Å². The molecule has 0 amide bonds. The van der Waals surface area contributed by atoms with Gasteiger partial charge in [-0.15, -0.1) is 11.3 Å². The first kappa shape index (κ1) is 17.5. The molecular weight excluding hydrogens is 376 g/mol. The van der Waals surface area contributed by atoms with Gasteiger partial charge < -0.3 is 4.74 Å². The summed E-state index contributed by atoms with van der Waals surface area (Å²) in [5.41, 5.74) is 2.63. The molecule has 1 aromatic carbocycles. The predicted molar refractivity (Wildman–Crippen MR) is 111 cm³/mol. The lowest BCUT2D eigenvalue weighted by Gasteiger charge is -2.16. The molecule has 6 heteroatoms. The van der Waals surface area contributed by atoms with Crippen LogP contribution in [0.3, 0.4) is 0 Å². The fourth-order valence-electron chi connectivity index (χ4n) is 4.04. The van der Waals surface area contributed by atoms with Crippen LogP contribution in [0.4, 0.5) is 0 Å². The van der Waals surface area contributed by atoms with Crippen molar-refractivity contribution in [2.24, 2.45) is 0 Å². The normalized spacial score (nSPS) is 19.0. The minimum Gasteiger partial charge on any atom is -0.376 e. The molecule has 2 aliphatic rings. The van der Waals surface area contributed by atoms with Gasteiger partial charge in [0.15, 0.2) is 5.16 Å². The van der Waals surface area contributed by atoms with E-state index in [-0.39, 0.29) is 11.7 Å². The van der Waals surface area contributed by atoms with E-state index in [2.05, 4.69) is 24.3 Å². The Labute approximate surface area is 166 Å². The summed E-state index contributed by atoms with van der Waals surface area (Å²) in [6.45, 7) is 1.42. The van der Waals surface area contributed by atoms with E-state index in [0.717, 1.165) is 59.8 Å². The molecule has 5 rings (SSSR count). The minimum atomic E-state index is 0.129. The van der Waals surface area contributed by atoms with E-state index in [9.17, 15) is 4.79 Å². The summed E-state index contributed by atoms with van der Waals surface area (Å²) in [5.74, 6) is 0.815. The molecule has 0 saturated carbocycles. The van der Waals surface area contributed by atoms with Crippen LogP contribution in [-0.2, 0) is 29.9 Å². The van der Waals surface area contributed by atoms with Crippen molar-refractivity contribution in [3.05, 3.63) is 56.7 Å². The van der Waals surface area contributed by atoms with E-state index in [1.54, 1.807) is 23.1 Å². The lowest BCUT2D eigenvalue weighted by atomic mass is 10.2. The zero-order chi connectivity index (χ0) is 18.2. The number of rotatable bonds is 5. The average molecular weight is 399 g/mol. The molecule has 1 atom stereocenters. The van der Waals surface area contributed by atoms with E-state index in [4.69, 9.17) is 9.72 Å². The topological polar surface area (TPSA) is 44.1 Å². The van der Waals surface area contributed by atoms with Gasteiger partial charge in [-0.2, -0.15) is 0 Å². The summed E-state index contributed by atoms with van der Waals surface area (Å²) >= 11 is 3.38. The van der Waals surface area contributed by atoms with Crippen molar-refractivity contribution in [2.75, 3.05) is 6.61 Å². The van der Waals surface area contributed by atoms with Crippen LogP contribution in [0.5, 0.6) is 0 Å². The number of benzene rings is 1. The van der Waals surface area contributed by atoms with E-state index < -0.39 is 0 Å². The second kappa shape index (κ2) is 7.41. The largest absolute Gasteiger partial charge is 0.376 e. The van der Waals surface area contributed by atoms with Gasteiger partial charge in [0.05, 0.1) is 18.0 Å². The first-order valence-corrected chi connectivity index (χ1v) is 11.4. The molecule has 1 saturated heterocycles. The van der Waals surface area contributed by atoms with E-state index in [1.807, 2.05) is 10.6 Å². The van der Waals surface area contributed by atoms with Gasteiger partial charge in [-0.1, -0.05) is 42.1 Å². The van der Waals surface area contributed by atoms with Gasteiger partial charge >= 0.3 is 0 Å². The van der Waals surface area contributed by atoms with Crippen molar-refractivity contribution in [1.82, 2.24) is 9.55 Å². The maximum absolute atomic E-state index is 13.4. The summed E-state index contributed by atoms with van der Waals surface area (Å²) in [6.07, 6.45) is 5.50. The fraction of sp³-hybridized carbons (Fsp3) is 0.429. The Morgan fingerprint density at radius 3 is 2.93 bits per heavy atom. The molecule has 1 aliphatic carbocycles. The summed E-state index contributed by atoms with van der Waals surface area (Å²) in [7, 11) is 0. The van der Waals surface area contributed by atoms with E-state index >= 15 is 0 Å². The van der Waals surface area contributed by atoms with Crippen LogP contribution >= 0.6 is 23.1 Å². The third-order valence-corrected chi connectivity index (χ3v) is 7.64. The lowest BCUT2D eigenvalue weighted by Crippen LogP contribution is -2.28. The minimum absolute atomic E-state index is 0.129. The van der Waals surface area contributed by atoms with Crippen LogP contribution in [-0.4, -0.2) is 22.3 Å². The van der Waals surface area contributed by atoms with Crippen molar-refractivity contribution < 1.29 is 4.74 Å². The number of hydrogen-bond donors (Lipinski definition) is 0. The highest BCUT2D eigenvalue weighted by Gasteiger charge is 2.25. The van der Waals surface area contributed by atoms with Crippen molar-refractivity contribution in [3.8, 4) is 0 Å². The van der Waals surface area contributed by atoms with Crippen LogP contribution in [0, 0.1) is 0 Å². The van der Waals surface area contributed by atoms with E-state index in [1.165, 1.54) is 16.0 Å². The Hall–Kier alpha value is -1.63. The molecule has 2 aromatic heterocycles. The second-order valence-electron chi connectivity index (χ2n) is 7.26. The summed E-state index contributed by atoms with van der Waals surface area (Å²) < 4.78 is 7.71. The Bertz CT molecular complexity index is 1020. The summed E-state index contributed by atoms with van der Waals surface area (Å²) in [6, 6.07) is 10.4. The van der Waals surface area contributed by atoms with Gasteiger partial charge in [-0.05, 0) is 43.2 Å². The molecular formula is C21H22N2O2S2. The highest BCUT2D eigenvalue weighted by Crippen LogP contribution is 2.36. The number of nitrogens with zero attached hydrogens (tertiary/aromatic N) is 2. The SMILES string of the molecule is O=c1c2c3c(sc2nc(SCc2ccccc2)n1C[C@H]1CCCO1)CCC3. The van der Waals surface area contributed by atoms with Crippen LogP contribution in [0.15, 0.2) is 40.3 Å². The number of fused-ring (bicyclic) bond motifs is 3. The number of aromatic nitrogens is 2. The number of thioether (sulfide) groups is 1. The van der Waals surface area contributed by atoms with Crippen molar-refractivity contribution in [3.63, 3.8) is 0 Å². The summed E-state index contributed by atoms with van der Waals surface area (Å²) in [4.78, 5) is 20.7. The van der Waals surface area contributed by atoms with Gasteiger partial charge in [0.25, 0.3) is 5.56 Å². The maximum atomic E-state index is 13.4. The molecule has 27 heavy (non-hydrogen) atoms. The lowest BCUT2D eigenvalue weighted by molar-refractivity contribution is 0.0937. The number of aryl methyl sites for hydroxylation is 2. The number of ether oxygens (including phenoxy) is 1. The molecule has 0 N–H and O–H groups in total. The monoisotopic (exact) mass is 398 g/mol. The van der Waals surface area contributed by atoms with Gasteiger partial charge in [0.2, 0.25) is 0 Å². The van der Waals surface area contributed by atoms with Crippen molar-refractivity contribution in [1.29, 1.82) is 0 Å². The molecule has 0 radical (unpaired) electrons. The van der Waals surface area contributed by atoms with Gasteiger partial charge in [0, 0.05) is 17.2 Å². The van der Waals surface area contributed by atoms with Crippen LogP contribution in [0.1, 0.15) is 35.3 Å². The van der Waals surface area contributed by atoms with Crippen LogP contribution in [0.25, 0.3) is 10.2 Å². The molecule has 0 bridgehead atoms. The summed E-state index contributed by atoms with van der Waals surface area (Å²) in [5, 5.41) is 1.70. The third-order valence-electron chi connectivity index (χ3n) is 5.41. The van der Waals surface area contributed by atoms with Crippen molar-refractivity contribution in [2.45, 2.75) is 55.7 Å². The Kier molecular flexibility index (Phi) is 4.80. The molecule has 0 unspecified atom stereocenters. The van der Waals surface area contributed by atoms with Crippen LogP contribution in [0.2, 0.25) is 0 Å². The first-order valence-electron chi connectivity index (χ1n) is 9.63. The second-order valence-corrected chi connectivity index (χ2v) is 9.28. The van der Waals surface area contributed by atoms with Gasteiger partial charge in [0.1, 0.15) is 4.83 Å². The Balaban J connectivity index is 1.55. The average Bonchev–Trinajstić information content (AvgIpc) is 3.40. The number of thiophene rings is 1. The zero-order valence-electron chi connectivity index (χ0n) is 15.1. The predicted octanol–water partition coefficient (Wildman–Crippen LogP) is 4.42. The zero-order valence-corrected chi connectivity index (χ0v) is 16.8. The van der Waals surface area contributed by atoms with Crippen molar-refractivity contribution >= 4 is 33.3 Å². The smallest absolute Gasteiger partial charge is 0.263 e. The number of hydrogen-bond acceptors (Lipinski definition) is 5. The van der Waals surface area contributed by atoms with E-state index in [0.29, 0.717) is 6.54 Å². The molecule has 1 aliphatic heterocycles. The Morgan fingerprint density at radius 1 is 1.22 bits per heavy atom. The van der Waals surface area contributed by atoms with Gasteiger partial charge in [-0.3, -0.25) is 9.36 Å². The standard InChI is InChI=1S/C21H22N2O2S2/c24-20-18-16-9-4-10-17(16)27-19(18)22-21(23(20)12-15-8-5-11-25-15)26-13-14-6-2-1-3-7-14/h1-3,6-7,15H,4-5,8-13H2/t15-/m1/s1. The fourth-order valence-corrected chi connectivity index (χ4v) is 6.31. The molecule has 1 fully saturated rings. The highest BCUT2D eigenvalue weighted by atomic mass is 32.2. The maximum Gasteiger partial charge on any atom is 0.263 e. The van der Waals surface area contributed by atoms with Crippen LogP contribution < -0.4 is 5.56 Å².